The van der Waals surface area contributed by atoms with E-state index in [9.17, 15) is 18.0 Å². The number of rotatable bonds is 4. The van der Waals surface area contributed by atoms with Gasteiger partial charge < -0.3 is 10.6 Å². The van der Waals surface area contributed by atoms with Crippen molar-refractivity contribution in [1.29, 1.82) is 0 Å². The summed E-state index contributed by atoms with van der Waals surface area (Å²) in [5, 5.41) is 5.91. The number of hydrogen-bond donors (Lipinski definition) is 2. The van der Waals surface area contributed by atoms with Crippen LogP contribution in [0.25, 0.3) is 0 Å². The van der Waals surface area contributed by atoms with Crippen molar-refractivity contribution in [1.82, 2.24) is 0 Å². The summed E-state index contributed by atoms with van der Waals surface area (Å²) in [4.78, 5) is 12.0. The van der Waals surface area contributed by atoms with Crippen LogP contribution < -0.4 is 10.6 Å². The molecular formula is C17H16ClF3N2O. The molecule has 0 atom stereocenters. The minimum Gasteiger partial charge on any atom is -0.376 e. The van der Waals surface area contributed by atoms with Gasteiger partial charge in [-0.25, -0.2) is 0 Å². The number of amides is 1. The summed E-state index contributed by atoms with van der Waals surface area (Å²) in [6.07, 6.45) is -4.38. The summed E-state index contributed by atoms with van der Waals surface area (Å²) < 4.78 is 37.4. The Kier molecular flexibility index (Phi) is 5.39. The fraction of sp³-hybridized carbons (Fsp3) is 0.235. The van der Waals surface area contributed by atoms with E-state index in [1.54, 1.807) is 6.07 Å². The third-order valence-corrected chi connectivity index (χ3v) is 3.66. The number of benzene rings is 2. The van der Waals surface area contributed by atoms with E-state index in [1.165, 1.54) is 12.1 Å². The lowest BCUT2D eigenvalue weighted by Crippen LogP contribution is -2.22. The van der Waals surface area contributed by atoms with Crippen molar-refractivity contribution in [3.05, 3.63) is 58.1 Å². The molecule has 0 bridgehead atoms. The van der Waals surface area contributed by atoms with Gasteiger partial charge >= 0.3 is 6.18 Å². The van der Waals surface area contributed by atoms with Gasteiger partial charge in [-0.1, -0.05) is 17.7 Å². The second-order valence-corrected chi connectivity index (χ2v) is 5.82. The van der Waals surface area contributed by atoms with Crippen LogP contribution in [0, 0.1) is 13.8 Å². The molecule has 2 aromatic carbocycles. The van der Waals surface area contributed by atoms with Gasteiger partial charge in [0.25, 0.3) is 0 Å². The molecule has 0 aliphatic heterocycles. The summed E-state index contributed by atoms with van der Waals surface area (Å²) in [5.41, 5.74) is 2.03. The SMILES string of the molecule is Cc1cc(C)c(NC(=O)CNc2ccc(C(F)(F)F)cc2)c(Cl)c1. The van der Waals surface area contributed by atoms with Crippen LogP contribution in [0.2, 0.25) is 5.02 Å². The molecule has 2 aromatic rings. The highest BCUT2D eigenvalue weighted by molar-refractivity contribution is 6.34. The zero-order valence-electron chi connectivity index (χ0n) is 13.1. The molecule has 3 nitrogen and oxygen atoms in total. The van der Waals surface area contributed by atoms with Crippen molar-refractivity contribution in [2.45, 2.75) is 20.0 Å². The van der Waals surface area contributed by atoms with Gasteiger partial charge in [0.2, 0.25) is 5.91 Å². The lowest BCUT2D eigenvalue weighted by atomic mass is 10.1. The molecule has 0 unspecified atom stereocenters. The van der Waals surface area contributed by atoms with Gasteiger partial charge in [0.05, 0.1) is 22.8 Å². The maximum Gasteiger partial charge on any atom is 0.416 e. The first-order valence-electron chi connectivity index (χ1n) is 7.14. The summed E-state index contributed by atoms with van der Waals surface area (Å²) in [6, 6.07) is 8.11. The van der Waals surface area contributed by atoms with E-state index in [1.807, 2.05) is 19.9 Å². The van der Waals surface area contributed by atoms with Crippen LogP contribution in [-0.2, 0) is 11.0 Å². The molecule has 0 spiro atoms. The average Bonchev–Trinajstić information content (AvgIpc) is 2.48. The summed E-state index contributed by atoms with van der Waals surface area (Å²) in [5.74, 6) is -0.344. The van der Waals surface area contributed by atoms with Gasteiger partial charge in [0.1, 0.15) is 0 Å². The Hall–Kier alpha value is -2.21. The summed E-state index contributed by atoms with van der Waals surface area (Å²) >= 11 is 6.11. The van der Waals surface area contributed by atoms with E-state index < -0.39 is 11.7 Å². The van der Waals surface area contributed by atoms with Gasteiger partial charge in [-0.15, -0.1) is 0 Å². The lowest BCUT2D eigenvalue weighted by Gasteiger charge is -2.13. The third kappa shape index (κ3) is 4.64. The number of carbonyl (C=O) groups is 1. The Morgan fingerprint density at radius 1 is 1.12 bits per heavy atom. The molecule has 2 rings (SSSR count). The van der Waals surface area contributed by atoms with Crippen LogP contribution in [0.1, 0.15) is 16.7 Å². The van der Waals surface area contributed by atoms with Crippen molar-refractivity contribution >= 4 is 28.9 Å². The molecule has 7 heteroatoms. The topological polar surface area (TPSA) is 41.1 Å². The monoisotopic (exact) mass is 356 g/mol. The first-order chi connectivity index (χ1) is 11.2. The number of carbonyl (C=O) groups excluding carboxylic acids is 1. The number of halogens is 4. The van der Waals surface area contributed by atoms with Crippen molar-refractivity contribution < 1.29 is 18.0 Å². The van der Waals surface area contributed by atoms with Gasteiger partial charge in [-0.3, -0.25) is 4.79 Å². The second kappa shape index (κ2) is 7.13. The standard InChI is InChI=1S/C17H16ClF3N2O/c1-10-7-11(2)16(14(18)8-10)23-15(24)9-22-13-5-3-12(4-6-13)17(19,20)21/h3-8,22H,9H2,1-2H3,(H,23,24). The number of anilines is 2. The van der Waals surface area contributed by atoms with Gasteiger partial charge in [0.15, 0.2) is 0 Å². The highest BCUT2D eigenvalue weighted by Crippen LogP contribution is 2.30. The zero-order chi connectivity index (χ0) is 17.9. The Morgan fingerprint density at radius 3 is 2.29 bits per heavy atom. The van der Waals surface area contributed by atoms with Gasteiger partial charge in [-0.2, -0.15) is 13.2 Å². The number of alkyl halides is 3. The predicted octanol–water partition coefficient (Wildman–Crippen LogP) is 5.03. The van der Waals surface area contributed by atoms with E-state index in [0.29, 0.717) is 16.4 Å². The zero-order valence-corrected chi connectivity index (χ0v) is 13.8. The summed E-state index contributed by atoms with van der Waals surface area (Å²) in [6.45, 7) is 3.64. The first-order valence-corrected chi connectivity index (χ1v) is 7.52. The largest absolute Gasteiger partial charge is 0.416 e. The fourth-order valence-electron chi connectivity index (χ4n) is 2.22. The van der Waals surface area contributed by atoms with E-state index in [2.05, 4.69) is 10.6 Å². The van der Waals surface area contributed by atoms with Crippen molar-refractivity contribution in [2.24, 2.45) is 0 Å². The Labute approximate surface area is 142 Å². The molecule has 1 amide bonds. The molecule has 2 N–H and O–H groups in total. The normalized spacial score (nSPS) is 11.2. The minimum atomic E-state index is -4.38. The van der Waals surface area contributed by atoms with E-state index >= 15 is 0 Å². The molecular weight excluding hydrogens is 341 g/mol. The van der Waals surface area contributed by atoms with E-state index in [-0.39, 0.29) is 12.5 Å². The van der Waals surface area contributed by atoms with Crippen LogP contribution in [0.4, 0.5) is 24.5 Å². The van der Waals surface area contributed by atoms with Gasteiger partial charge in [0, 0.05) is 5.69 Å². The lowest BCUT2D eigenvalue weighted by molar-refractivity contribution is -0.137. The van der Waals surface area contributed by atoms with Crippen molar-refractivity contribution in [3.8, 4) is 0 Å². The fourth-order valence-corrected chi connectivity index (χ4v) is 2.59. The van der Waals surface area contributed by atoms with Crippen molar-refractivity contribution in [2.75, 3.05) is 17.2 Å². The van der Waals surface area contributed by atoms with E-state index in [0.717, 1.165) is 23.3 Å². The summed E-state index contributed by atoms with van der Waals surface area (Å²) in [7, 11) is 0. The second-order valence-electron chi connectivity index (χ2n) is 5.42. The highest BCUT2D eigenvalue weighted by Gasteiger charge is 2.29. The van der Waals surface area contributed by atoms with Crippen LogP contribution >= 0.6 is 11.6 Å². The quantitative estimate of drug-likeness (QED) is 0.807. The van der Waals surface area contributed by atoms with Crippen LogP contribution in [-0.4, -0.2) is 12.5 Å². The minimum absolute atomic E-state index is 0.0883. The third-order valence-electron chi connectivity index (χ3n) is 3.36. The molecule has 0 fully saturated rings. The number of hydrogen-bond acceptors (Lipinski definition) is 2. The van der Waals surface area contributed by atoms with Gasteiger partial charge in [-0.05, 0) is 55.3 Å². The average molecular weight is 357 g/mol. The Morgan fingerprint density at radius 2 is 1.75 bits per heavy atom. The molecule has 0 aromatic heterocycles. The molecule has 24 heavy (non-hydrogen) atoms. The first kappa shape index (κ1) is 18.1. The van der Waals surface area contributed by atoms with Crippen LogP contribution in [0.3, 0.4) is 0 Å². The Balaban J connectivity index is 1.97. The maximum atomic E-state index is 12.5. The number of aryl methyl sites for hydroxylation is 2. The Bertz CT molecular complexity index is 719. The molecule has 128 valence electrons. The highest BCUT2D eigenvalue weighted by atomic mass is 35.5. The molecule has 0 heterocycles. The number of nitrogens with one attached hydrogen (secondary N) is 2. The van der Waals surface area contributed by atoms with Crippen molar-refractivity contribution in [3.63, 3.8) is 0 Å². The molecule has 0 aliphatic rings. The smallest absolute Gasteiger partial charge is 0.376 e. The van der Waals surface area contributed by atoms with Crippen LogP contribution in [0.15, 0.2) is 36.4 Å². The van der Waals surface area contributed by atoms with E-state index in [4.69, 9.17) is 11.6 Å². The maximum absolute atomic E-state index is 12.5. The molecule has 0 saturated heterocycles. The molecule has 0 radical (unpaired) electrons. The molecule has 0 saturated carbocycles. The van der Waals surface area contributed by atoms with Crippen LogP contribution in [0.5, 0.6) is 0 Å². The molecule has 0 aliphatic carbocycles. The predicted molar refractivity (Wildman–Crippen MR) is 89.5 cm³/mol.